The van der Waals surface area contributed by atoms with Gasteiger partial charge in [-0.3, -0.25) is 0 Å². The van der Waals surface area contributed by atoms with Crippen LogP contribution in [0.3, 0.4) is 0 Å². The highest BCUT2D eigenvalue weighted by molar-refractivity contribution is 5.71. The zero-order chi connectivity index (χ0) is 21.8. The Labute approximate surface area is 171 Å². The Balaban J connectivity index is 0. The Kier molecular flexibility index (Phi) is 22.1. The number of unbranched alkanes of at least 4 members (excludes halogenated alkanes) is 11. The average molecular weight is 408 g/mol. The molecule has 170 valence electrons. The van der Waals surface area contributed by atoms with Crippen LogP contribution in [0.15, 0.2) is 0 Å². The molecule has 0 aliphatic heterocycles. The molecule has 0 amide bonds. The topological polar surface area (TPSA) is 144 Å². The first-order valence-corrected chi connectivity index (χ1v) is 10.9. The zero-order valence-corrected chi connectivity index (χ0v) is 17.9. The standard InChI is InChI=1S/C18H39NO3.C3H6O3/c1-2-3-4-5-6-7-8-9-10-11-12-13-14-17(21)18(22)16(19)15-20;1-2(4)3(5)6/h16-18,20-22H,2-15,19H2,1H3;2,4H,1H3,(H,5,6)/t16-,17+,18-;/m0./s1. The van der Waals surface area contributed by atoms with Crippen LogP contribution < -0.4 is 5.73 Å². The number of rotatable bonds is 17. The van der Waals surface area contributed by atoms with Crippen LogP contribution in [0.5, 0.6) is 0 Å². The molecule has 0 aromatic rings. The summed E-state index contributed by atoms with van der Waals surface area (Å²) in [6.07, 6.45) is 12.9. The predicted molar refractivity (Wildman–Crippen MR) is 112 cm³/mol. The summed E-state index contributed by atoms with van der Waals surface area (Å²) in [6.45, 7) is 3.15. The fourth-order valence-corrected chi connectivity index (χ4v) is 2.76. The van der Waals surface area contributed by atoms with Crippen LogP contribution >= 0.6 is 0 Å². The lowest BCUT2D eigenvalue weighted by Gasteiger charge is -2.22. The summed E-state index contributed by atoms with van der Waals surface area (Å²) < 4.78 is 0. The number of carbonyl (C=O) groups is 1. The molecule has 0 radical (unpaired) electrons. The van der Waals surface area contributed by atoms with Crippen LogP contribution in [0.25, 0.3) is 0 Å². The average Bonchev–Trinajstić information content (AvgIpc) is 2.67. The highest BCUT2D eigenvalue weighted by Gasteiger charge is 2.22. The molecular weight excluding hydrogens is 362 g/mol. The van der Waals surface area contributed by atoms with Gasteiger partial charge in [-0.05, 0) is 13.3 Å². The van der Waals surface area contributed by atoms with E-state index in [1.807, 2.05) is 0 Å². The van der Waals surface area contributed by atoms with Crippen molar-refractivity contribution in [3.05, 3.63) is 0 Å². The second-order valence-corrected chi connectivity index (χ2v) is 7.60. The van der Waals surface area contributed by atoms with Gasteiger partial charge in [-0.2, -0.15) is 0 Å². The maximum absolute atomic E-state index is 9.74. The largest absolute Gasteiger partial charge is 0.479 e. The third-order valence-corrected chi connectivity index (χ3v) is 4.75. The molecule has 0 aromatic heterocycles. The minimum Gasteiger partial charge on any atom is -0.479 e. The monoisotopic (exact) mass is 407 g/mol. The Morgan fingerprint density at radius 3 is 1.50 bits per heavy atom. The lowest BCUT2D eigenvalue weighted by molar-refractivity contribution is -0.145. The molecule has 4 atom stereocenters. The van der Waals surface area contributed by atoms with Crippen molar-refractivity contribution in [2.45, 2.75) is 122 Å². The van der Waals surface area contributed by atoms with E-state index in [-0.39, 0.29) is 6.61 Å². The minimum atomic E-state index is -1.23. The third-order valence-electron chi connectivity index (χ3n) is 4.75. The van der Waals surface area contributed by atoms with Crippen LogP contribution in [-0.2, 0) is 4.79 Å². The smallest absolute Gasteiger partial charge is 0.332 e. The van der Waals surface area contributed by atoms with Gasteiger partial charge >= 0.3 is 5.97 Å². The Morgan fingerprint density at radius 1 is 0.821 bits per heavy atom. The summed E-state index contributed by atoms with van der Waals surface area (Å²) in [5.41, 5.74) is 5.49. The molecule has 0 fully saturated rings. The molecule has 0 aliphatic rings. The molecule has 7 N–H and O–H groups in total. The number of nitrogens with two attached hydrogens (primary N) is 1. The van der Waals surface area contributed by atoms with Crippen LogP contribution in [0.1, 0.15) is 97.3 Å². The molecule has 7 nitrogen and oxygen atoms in total. The number of carboxylic acids is 1. The molecule has 0 saturated heterocycles. The van der Waals surface area contributed by atoms with Gasteiger partial charge in [0.15, 0.2) is 0 Å². The highest BCUT2D eigenvalue weighted by Crippen LogP contribution is 2.14. The lowest BCUT2D eigenvalue weighted by atomic mass is 10.00. The summed E-state index contributed by atoms with van der Waals surface area (Å²) in [5.74, 6) is -1.19. The van der Waals surface area contributed by atoms with Crippen molar-refractivity contribution in [1.29, 1.82) is 0 Å². The Hall–Kier alpha value is -0.730. The molecule has 1 unspecified atom stereocenters. The van der Waals surface area contributed by atoms with Gasteiger partial charge in [-0.25, -0.2) is 4.79 Å². The van der Waals surface area contributed by atoms with E-state index in [9.17, 15) is 15.0 Å². The van der Waals surface area contributed by atoms with Crippen LogP contribution in [0.4, 0.5) is 0 Å². The van der Waals surface area contributed by atoms with E-state index in [4.69, 9.17) is 21.1 Å². The van der Waals surface area contributed by atoms with Crippen LogP contribution in [0, 0.1) is 0 Å². The van der Waals surface area contributed by atoms with E-state index in [0.29, 0.717) is 6.42 Å². The van der Waals surface area contributed by atoms with Crippen molar-refractivity contribution in [2.75, 3.05) is 6.61 Å². The molecule has 0 aliphatic carbocycles. The first kappa shape index (κ1) is 29.5. The van der Waals surface area contributed by atoms with E-state index < -0.39 is 30.3 Å². The molecule has 0 aromatic carbocycles. The Morgan fingerprint density at radius 2 is 1.18 bits per heavy atom. The predicted octanol–water partition coefficient (Wildman–Crippen LogP) is 2.57. The van der Waals surface area contributed by atoms with Crippen LogP contribution in [0.2, 0.25) is 0 Å². The van der Waals surface area contributed by atoms with Crippen molar-refractivity contribution in [3.63, 3.8) is 0 Å². The van der Waals surface area contributed by atoms with Gasteiger partial charge in [-0.1, -0.05) is 84.0 Å². The second-order valence-electron chi connectivity index (χ2n) is 7.60. The van der Waals surface area contributed by atoms with Gasteiger partial charge in [0.05, 0.1) is 24.9 Å². The molecule has 0 bridgehead atoms. The second kappa shape index (κ2) is 21.0. The Bertz CT molecular complexity index is 341. The number of aliphatic hydroxyl groups is 4. The minimum absolute atomic E-state index is 0.295. The van der Waals surface area contributed by atoms with Gasteiger partial charge < -0.3 is 31.3 Å². The van der Waals surface area contributed by atoms with E-state index in [1.54, 1.807) is 0 Å². The molecular formula is C21H45NO6. The van der Waals surface area contributed by atoms with Gasteiger partial charge in [0.25, 0.3) is 0 Å². The molecule has 0 heterocycles. The third kappa shape index (κ3) is 20.0. The summed E-state index contributed by atoms with van der Waals surface area (Å²) in [4.78, 5) is 9.45. The number of hydrogen-bond acceptors (Lipinski definition) is 6. The lowest BCUT2D eigenvalue weighted by Crippen LogP contribution is -2.45. The maximum atomic E-state index is 9.74. The van der Waals surface area contributed by atoms with Gasteiger partial charge in [0.1, 0.15) is 6.10 Å². The quantitative estimate of drug-likeness (QED) is 0.203. The van der Waals surface area contributed by atoms with Gasteiger partial charge in [0.2, 0.25) is 0 Å². The summed E-state index contributed by atoms with van der Waals surface area (Å²) in [6, 6.07) is -0.743. The number of carboxylic acid groups (broad SMARTS) is 1. The van der Waals surface area contributed by atoms with Gasteiger partial charge in [-0.15, -0.1) is 0 Å². The highest BCUT2D eigenvalue weighted by atomic mass is 16.4. The first-order chi connectivity index (χ1) is 13.3. The van der Waals surface area contributed by atoms with Gasteiger partial charge in [0, 0.05) is 0 Å². The van der Waals surface area contributed by atoms with Crippen molar-refractivity contribution in [2.24, 2.45) is 5.73 Å². The van der Waals surface area contributed by atoms with E-state index in [0.717, 1.165) is 12.8 Å². The molecule has 0 saturated carbocycles. The number of hydrogen-bond donors (Lipinski definition) is 6. The fourth-order valence-electron chi connectivity index (χ4n) is 2.76. The zero-order valence-electron chi connectivity index (χ0n) is 17.9. The molecule has 7 heteroatoms. The number of aliphatic carboxylic acids is 1. The molecule has 0 rings (SSSR count). The van der Waals surface area contributed by atoms with Crippen molar-refractivity contribution in [1.82, 2.24) is 0 Å². The molecule has 28 heavy (non-hydrogen) atoms. The fraction of sp³-hybridized carbons (Fsp3) is 0.952. The van der Waals surface area contributed by atoms with E-state index in [1.165, 1.54) is 71.1 Å². The maximum Gasteiger partial charge on any atom is 0.332 e. The SMILES string of the molecule is CC(O)C(=O)O.CCCCCCCCCCCCCC[C@@H](O)[C@@H](O)[C@@H](N)CO. The van der Waals surface area contributed by atoms with Crippen molar-refractivity contribution >= 4 is 5.97 Å². The summed E-state index contributed by atoms with van der Waals surface area (Å²) >= 11 is 0. The van der Waals surface area contributed by atoms with Crippen LogP contribution in [-0.4, -0.2) is 62.5 Å². The first-order valence-electron chi connectivity index (χ1n) is 10.9. The van der Waals surface area contributed by atoms with Crippen molar-refractivity contribution in [3.8, 4) is 0 Å². The normalized spacial score (nSPS) is 15.2. The molecule has 0 spiro atoms. The number of aliphatic hydroxyl groups excluding tert-OH is 4. The van der Waals surface area contributed by atoms with Crippen molar-refractivity contribution < 1.29 is 30.3 Å². The van der Waals surface area contributed by atoms with E-state index in [2.05, 4.69) is 6.92 Å². The van der Waals surface area contributed by atoms with E-state index >= 15 is 0 Å². The summed E-state index contributed by atoms with van der Waals surface area (Å²) in [5, 5.41) is 44.0. The summed E-state index contributed by atoms with van der Waals surface area (Å²) in [7, 11) is 0.